The second-order valence-electron chi connectivity index (χ2n) is 6.06. The van der Waals surface area contributed by atoms with Gasteiger partial charge in [-0.1, -0.05) is 32.9 Å². The van der Waals surface area contributed by atoms with Gasteiger partial charge in [-0.2, -0.15) is 0 Å². The maximum absolute atomic E-state index is 12.6. The fraction of sp³-hybridized carbons (Fsp3) is 0.625. The van der Waals surface area contributed by atoms with Crippen molar-refractivity contribution in [2.24, 2.45) is 5.41 Å². The highest BCUT2D eigenvalue weighted by Gasteiger charge is 2.26. The van der Waals surface area contributed by atoms with Crippen LogP contribution in [0, 0.1) is 5.41 Å². The van der Waals surface area contributed by atoms with Gasteiger partial charge in [0.15, 0.2) is 0 Å². The van der Waals surface area contributed by atoms with E-state index in [1.807, 2.05) is 38.1 Å². The fourth-order valence-electron chi connectivity index (χ4n) is 1.89. The van der Waals surface area contributed by atoms with E-state index in [-0.39, 0.29) is 0 Å². The lowest BCUT2D eigenvalue weighted by Gasteiger charge is -2.19. The van der Waals surface area contributed by atoms with Gasteiger partial charge in [0, 0.05) is 0 Å². The third-order valence-electron chi connectivity index (χ3n) is 3.01. The minimum atomic E-state index is -3.14. The van der Waals surface area contributed by atoms with Crippen LogP contribution in [0.25, 0.3) is 0 Å². The fourth-order valence-corrected chi connectivity index (χ4v) is 3.46. The molecule has 0 radical (unpaired) electrons. The van der Waals surface area contributed by atoms with Crippen LogP contribution in [0.3, 0.4) is 0 Å². The van der Waals surface area contributed by atoms with E-state index in [1.165, 1.54) is 5.56 Å². The molecule has 0 saturated carbocycles. The monoisotopic (exact) mass is 298 g/mol. The number of hydrogen-bond donors (Lipinski definition) is 0. The van der Waals surface area contributed by atoms with Crippen LogP contribution in [0.5, 0.6) is 0 Å². The Bertz CT molecular complexity index is 436. The largest absolute Gasteiger partial charge is 0.361 e. The van der Waals surface area contributed by atoms with E-state index in [0.717, 1.165) is 12.8 Å². The minimum Gasteiger partial charge on any atom is -0.305 e. The zero-order chi connectivity index (χ0) is 15.2. The molecule has 0 heterocycles. The lowest BCUT2D eigenvalue weighted by Crippen LogP contribution is -2.11. The standard InChI is InChI=1S/C16H27O3P/c1-6-18-20(17,19-7-2)15-10-8-14(9-11-15)12-13-16(3,4)5/h8-11H,6-7,12-13H2,1-5H3. The first-order chi connectivity index (χ1) is 9.30. The Kier molecular flexibility index (Phi) is 6.44. The van der Waals surface area contributed by atoms with Crippen LogP contribution in [-0.2, 0) is 20.0 Å². The topological polar surface area (TPSA) is 35.5 Å². The van der Waals surface area contributed by atoms with E-state index in [2.05, 4.69) is 20.8 Å². The minimum absolute atomic E-state index is 0.324. The molecule has 0 aliphatic carbocycles. The zero-order valence-corrected chi connectivity index (χ0v) is 14.2. The lowest BCUT2D eigenvalue weighted by atomic mass is 9.89. The van der Waals surface area contributed by atoms with Crippen molar-refractivity contribution in [3.8, 4) is 0 Å². The van der Waals surface area contributed by atoms with Gasteiger partial charge in [-0.05, 0) is 49.8 Å². The molecule has 3 nitrogen and oxygen atoms in total. The summed E-state index contributed by atoms with van der Waals surface area (Å²) in [6.45, 7) is 11.1. The molecule has 1 aromatic rings. The van der Waals surface area contributed by atoms with E-state index in [9.17, 15) is 4.57 Å². The van der Waals surface area contributed by atoms with E-state index >= 15 is 0 Å². The molecule has 0 unspecified atom stereocenters. The third-order valence-corrected chi connectivity index (χ3v) is 5.14. The number of aryl methyl sites for hydroxylation is 1. The molecule has 0 amide bonds. The number of hydrogen-bond acceptors (Lipinski definition) is 3. The van der Waals surface area contributed by atoms with Gasteiger partial charge in [0.25, 0.3) is 0 Å². The zero-order valence-electron chi connectivity index (χ0n) is 13.3. The summed E-state index contributed by atoms with van der Waals surface area (Å²) in [6.07, 6.45) is 2.15. The first-order valence-corrected chi connectivity index (χ1v) is 8.83. The highest BCUT2D eigenvalue weighted by molar-refractivity contribution is 7.62. The SMILES string of the molecule is CCOP(=O)(OCC)c1ccc(CCC(C)(C)C)cc1. The van der Waals surface area contributed by atoms with Crippen molar-refractivity contribution < 1.29 is 13.6 Å². The van der Waals surface area contributed by atoms with E-state index in [0.29, 0.717) is 23.9 Å². The maximum atomic E-state index is 12.6. The summed E-state index contributed by atoms with van der Waals surface area (Å²) in [7, 11) is -3.14. The Morgan fingerprint density at radius 3 is 1.90 bits per heavy atom. The molecule has 20 heavy (non-hydrogen) atoms. The molecule has 0 spiro atoms. The molecule has 0 bridgehead atoms. The Hall–Kier alpha value is -0.630. The summed E-state index contributed by atoms with van der Waals surface area (Å²) in [5.41, 5.74) is 1.58. The predicted molar refractivity (Wildman–Crippen MR) is 84.7 cm³/mol. The molecule has 114 valence electrons. The summed E-state index contributed by atoms with van der Waals surface area (Å²) in [5.74, 6) is 0. The smallest absolute Gasteiger partial charge is 0.305 e. The Labute approximate surface area is 123 Å². The first-order valence-electron chi connectivity index (χ1n) is 7.29. The van der Waals surface area contributed by atoms with Crippen molar-refractivity contribution in [1.29, 1.82) is 0 Å². The van der Waals surface area contributed by atoms with Gasteiger partial charge in [0.1, 0.15) is 0 Å². The average molecular weight is 298 g/mol. The Balaban J connectivity index is 2.81. The molecule has 0 aliphatic heterocycles. The maximum Gasteiger partial charge on any atom is 0.361 e. The van der Waals surface area contributed by atoms with Gasteiger partial charge in [-0.3, -0.25) is 4.57 Å². The van der Waals surface area contributed by atoms with Crippen molar-refractivity contribution >= 4 is 12.9 Å². The Morgan fingerprint density at radius 1 is 1.00 bits per heavy atom. The molecule has 1 rings (SSSR count). The molecule has 0 saturated heterocycles. The highest BCUT2D eigenvalue weighted by Crippen LogP contribution is 2.46. The van der Waals surface area contributed by atoms with E-state index < -0.39 is 7.60 Å². The lowest BCUT2D eigenvalue weighted by molar-refractivity contribution is 0.230. The van der Waals surface area contributed by atoms with Gasteiger partial charge in [-0.25, -0.2) is 0 Å². The molecule has 0 atom stereocenters. The highest BCUT2D eigenvalue weighted by atomic mass is 31.2. The molecule has 0 aliphatic rings. The molecular weight excluding hydrogens is 271 g/mol. The van der Waals surface area contributed by atoms with Crippen molar-refractivity contribution in [2.75, 3.05) is 13.2 Å². The summed E-state index contributed by atoms with van der Waals surface area (Å²) >= 11 is 0. The van der Waals surface area contributed by atoms with Crippen LogP contribution < -0.4 is 5.30 Å². The van der Waals surface area contributed by atoms with Crippen LogP contribution in [0.4, 0.5) is 0 Å². The Morgan fingerprint density at radius 2 is 1.50 bits per heavy atom. The summed E-state index contributed by atoms with van der Waals surface area (Å²) in [5, 5.41) is 0.640. The second-order valence-corrected chi connectivity index (χ2v) is 8.09. The first kappa shape index (κ1) is 17.4. The quantitative estimate of drug-likeness (QED) is 0.692. The molecule has 0 N–H and O–H groups in total. The van der Waals surface area contributed by atoms with Crippen molar-refractivity contribution in [2.45, 2.75) is 47.5 Å². The number of benzene rings is 1. The van der Waals surface area contributed by atoms with Crippen molar-refractivity contribution in [1.82, 2.24) is 0 Å². The number of rotatable bonds is 7. The average Bonchev–Trinajstić information content (AvgIpc) is 2.37. The van der Waals surface area contributed by atoms with Gasteiger partial charge in [0.2, 0.25) is 0 Å². The van der Waals surface area contributed by atoms with Gasteiger partial charge >= 0.3 is 7.60 Å². The van der Waals surface area contributed by atoms with Gasteiger partial charge < -0.3 is 9.05 Å². The van der Waals surface area contributed by atoms with Crippen molar-refractivity contribution in [3.05, 3.63) is 29.8 Å². The van der Waals surface area contributed by atoms with Crippen LogP contribution in [-0.4, -0.2) is 13.2 Å². The normalized spacial score (nSPS) is 12.7. The summed E-state index contributed by atoms with van der Waals surface area (Å²) < 4.78 is 23.3. The third kappa shape index (κ3) is 5.40. The van der Waals surface area contributed by atoms with Crippen molar-refractivity contribution in [3.63, 3.8) is 0 Å². The predicted octanol–water partition coefficient (Wildman–Crippen LogP) is 4.56. The second kappa shape index (κ2) is 7.40. The van der Waals surface area contributed by atoms with Crippen LogP contribution >= 0.6 is 7.60 Å². The van der Waals surface area contributed by atoms with Crippen LogP contribution in [0.15, 0.2) is 24.3 Å². The van der Waals surface area contributed by atoms with Gasteiger partial charge in [-0.15, -0.1) is 0 Å². The van der Waals surface area contributed by atoms with E-state index in [4.69, 9.17) is 9.05 Å². The molecule has 4 heteroatoms. The van der Waals surface area contributed by atoms with Gasteiger partial charge in [0.05, 0.1) is 18.5 Å². The summed E-state index contributed by atoms with van der Waals surface area (Å²) in [6, 6.07) is 7.77. The summed E-state index contributed by atoms with van der Waals surface area (Å²) in [4.78, 5) is 0. The molecule has 0 aromatic heterocycles. The van der Waals surface area contributed by atoms with Crippen LogP contribution in [0.1, 0.15) is 46.6 Å². The van der Waals surface area contributed by atoms with Crippen LogP contribution in [0.2, 0.25) is 0 Å². The molecule has 1 aromatic carbocycles. The molecular formula is C16H27O3P. The van der Waals surface area contributed by atoms with E-state index in [1.54, 1.807) is 0 Å². The molecule has 0 fully saturated rings.